The third-order valence-corrected chi connectivity index (χ3v) is 5.98. The van der Waals surface area contributed by atoms with Gasteiger partial charge < -0.3 is 14.6 Å². The van der Waals surface area contributed by atoms with Crippen LogP contribution in [0.25, 0.3) is 11.1 Å². The smallest absolute Gasteiger partial charge is 0.291 e. The molecule has 2 fully saturated rings. The van der Waals surface area contributed by atoms with Crippen molar-refractivity contribution in [1.29, 1.82) is 0 Å². The van der Waals surface area contributed by atoms with Crippen LogP contribution < -0.4 is 5.32 Å². The first kappa shape index (κ1) is 19.0. The van der Waals surface area contributed by atoms with Crippen molar-refractivity contribution in [2.45, 2.75) is 51.5 Å². The molecule has 1 saturated carbocycles. The highest BCUT2D eigenvalue weighted by molar-refractivity contribution is 5.95. The van der Waals surface area contributed by atoms with E-state index >= 15 is 0 Å². The first-order chi connectivity index (χ1) is 14.3. The van der Waals surface area contributed by atoms with Gasteiger partial charge in [-0.25, -0.2) is 9.97 Å². The van der Waals surface area contributed by atoms with Crippen LogP contribution in [-0.4, -0.2) is 44.4 Å². The number of hydrogen-bond donors (Lipinski definition) is 1. The zero-order chi connectivity index (χ0) is 21.0. The maximum atomic E-state index is 13.7. The topological polar surface area (TPSA) is 84.2 Å². The highest BCUT2D eigenvalue weighted by Gasteiger charge is 2.38. The van der Waals surface area contributed by atoms with Gasteiger partial charge in [0.1, 0.15) is 11.6 Å². The normalized spacial score (nSPS) is 20.0. The standard InChI is InChI=1S/C22H24FN5O2/c1-12-8-16(24-17(23)9-12)14-4-7-28(11-14)21(29)19-25-18(27-22(3)5-6-22)15-10-13(2)30-20(15)26-19/h8-10,14H,4-7,11H2,1-3H3,(H,25,26,27). The van der Waals surface area contributed by atoms with Crippen LogP contribution in [0.5, 0.6) is 0 Å². The van der Waals surface area contributed by atoms with Crippen LogP contribution in [0.2, 0.25) is 0 Å². The minimum absolute atomic E-state index is 0.000842. The van der Waals surface area contributed by atoms with Crippen molar-refractivity contribution in [3.8, 4) is 0 Å². The zero-order valence-electron chi connectivity index (χ0n) is 17.3. The second kappa shape index (κ2) is 6.75. The number of furan rings is 1. The Hall–Kier alpha value is -3.03. The van der Waals surface area contributed by atoms with Crippen molar-refractivity contribution in [2.24, 2.45) is 0 Å². The summed E-state index contributed by atoms with van der Waals surface area (Å²) in [7, 11) is 0. The van der Waals surface area contributed by atoms with E-state index in [0.29, 0.717) is 30.3 Å². The van der Waals surface area contributed by atoms with Gasteiger partial charge in [-0.1, -0.05) is 0 Å². The van der Waals surface area contributed by atoms with Gasteiger partial charge in [0, 0.05) is 30.2 Å². The second-order valence-electron chi connectivity index (χ2n) is 8.79. The molecule has 4 heterocycles. The van der Waals surface area contributed by atoms with E-state index in [4.69, 9.17) is 4.42 Å². The van der Waals surface area contributed by atoms with E-state index < -0.39 is 5.95 Å². The van der Waals surface area contributed by atoms with E-state index in [9.17, 15) is 9.18 Å². The number of aryl methyl sites for hydroxylation is 2. The fourth-order valence-electron chi connectivity index (χ4n) is 4.02. The molecule has 1 atom stereocenters. The first-order valence-corrected chi connectivity index (χ1v) is 10.3. The third kappa shape index (κ3) is 3.51. The number of halogens is 1. The molecule has 0 radical (unpaired) electrons. The second-order valence-corrected chi connectivity index (χ2v) is 8.79. The van der Waals surface area contributed by atoms with Crippen LogP contribution in [0.15, 0.2) is 22.6 Å². The lowest BCUT2D eigenvalue weighted by Crippen LogP contribution is -2.30. The van der Waals surface area contributed by atoms with Crippen molar-refractivity contribution in [1.82, 2.24) is 19.9 Å². The Morgan fingerprint density at radius 1 is 1.23 bits per heavy atom. The molecule has 1 unspecified atom stereocenters. The Morgan fingerprint density at radius 2 is 2.03 bits per heavy atom. The Labute approximate surface area is 173 Å². The Kier molecular flexibility index (Phi) is 4.27. The molecule has 7 nitrogen and oxygen atoms in total. The number of nitrogens with zero attached hydrogens (tertiary/aromatic N) is 4. The molecule has 156 valence electrons. The number of likely N-dealkylation sites (tertiary alicyclic amines) is 1. The number of anilines is 1. The van der Waals surface area contributed by atoms with Gasteiger partial charge in [-0.2, -0.15) is 9.37 Å². The number of fused-ring (bicyclic) bond motifs is 1. The van der Waals surface area contributed by atoms with Crippen LogP contribution in [0, 0.1) is 19.8 Å². The number of pyridine rings is 1. The number of amides is 1. The maximum Gasteiger partial charge on any atom is 0.291 e. The van der Waals surface area contributed by atoms with Crippen molar-refractivity contribution >= 4 is 22.8 Å². The number of carbonyl (C=O) groups is 1. The lowest BCUT2D eigenvalue weighted by molar-refractivity contribution is 0.0778. The van der Waals surface area contributed by atoms with E-state index in [0.717, 1.165) is 36.0 Å². The van der Waals surface area contributed by atoms with Gasteiger partial charge in [0.2, 0.25) is 17.5 Å². The molecule has 30 heavy (non-hydrogen) atoms. The summed E-state index contributed by atoms with van der Waals surface area (Å²) >= 11 is 0. The van der Waals surface area contributed by atoms with Crippen molar-refractivity contribution < 1.29 is 13.6 Å². The highest BCUT2D eigenvalue weighted by Crippen LogP contribution is 2.39. The van der Waals surface area contributed by atoms with E-state index in [1.165, 1.54) is 6.07 Å². The largest absolute Gasteiger partial charge is 0.443 e. The summed E-state index contributed by atoms with van der Waals surface area (Å²) in [5, 5.41) is 4.24. The highest BCUT2D eigenvalue weighted by atomic mass is 19.1. The lowest BCUT2D eigenvalue weighted by atomic mass is 10.0. The molecule has 3 aromatic heterocycles. The Bertz CT molecular complexity index is 1130. The molecule has 3 aromatic rings. The van der Waals surface area contributed by atoms with Crippen LogP contribution in [0.1, 0.15) is 59.7 Å². The zero-order valence-corrected chi connectivity index (χ0v) is 17.3. The van der Waals surface area contributed by atoms with E-state index in [2.05, 4.69) is 27.2 Å². The molecule has 1 aliphatic heterocycles. The minimum atomic E-state index is -0.485. The number of rotatable bonds is 4. The third-order valence-electron chi connectivity index (χ3n) is 5.98. The summed E-state index contributed by atoms with van der Waals surface area (Å²) in [5.74, 6) is 0.750. The summed E-state index contributed by atoms with van der Waals surface area (Å²) in [6.07, 6.45) is 2.85. The van der Waals surface area contributed by atoms with Gasteiger partial charge in [0.25, 0.3) is 5.91 Å². The molecule has 1 amide bonds. The van der Waals surface area contributed by atoms with Gasteiger partial charge in [0.05, 0.1) is 5.39 Å². The average molecular weight is 409 g/mol. The maximum absolute atomic E-state index is 13.7. The van der Waals surface area contributed by atoms with Crippen LogP contribution >= 0.6 is 0 Å². The summed E-state index contributed by atoms with van der Waals surface area (Å²) in [6.45, 7) is 6.85. The van der Waals surface area contributed by atoms with Crippen LogP contribution in [0.4, 0.5) is 10.2 Å². The lowest BCUT2D eigenvalue weighted by Gasteiger charge is -2.17. The predicted molar refractivity (Wildman–Crippen MR) is 110 cm³/mol. The SMILES string of the molecule is Cc1cc(F)nc(C2CCN(C(=O)c3nc(NC4(C)CC4)c4cc(C)oc4n3)C2)c1. The molecule has 0 bridgehead atoms. The molecule has 1 aliphatic carbocycles. The average Bonchev–Trinajstić information content (AvgIpc) is 3.07. The van der Waals surface area contributed by atoms with E-state index in [1.54, 1.807) is 4.90 Å². The fourth-order valence-corrected chi connectivity index (χ4v) is 4.02. The minimum Gasteiger partial charge on any atom is -0.443 e. The summed E-state index contributed by atoms with van der Waals surface area (Å²) in [5.41, 5.74) is 1.93. The van der Waals surface area contributed by atoms with E-state index in [-0.39, 0.29) is 23.2 Å². The van der Waals surface area contributed by atoms with Gasteiger partial charge in [-0.05, 0) is 63.8 Å². The molecule has 0 spiro atoms. The predicted octanol–water partition coefficient (Wildman–Crippen LogP) is 3.97. The van der Waals surface area contributed by atoms with Gasteiger partial charge in [0.15, 0.2) is 0 Å². The summed E-state index contributed by atoms with van der Waals surface area (Å²) < 4.78 is 19.4. The summed E-state index contributed by atoms with van der Waals surface area (Å²) in [6, 6.07) is 5.18. The molecule has 8 heteroatoms. The molecular weight excluding hydrogens is 385 g/mol. The van der Waals surface area contributed by atoms with Crippen LogP contribution in [-0.2, 0) is 0 Å². The fraction of sp³-hybridized carbons (Fsp3) is 0.455. The number of carbonyl (C=O) groups excluding carboxylic acids is 1. The molecule has 2 aliphatic rings. The van der Waals surface area contributed by atoms with Crippen molar-refractivity contribution in [3.63, 3.8) is 0 Å². The molecule has 0 aromatic carbocycles. The number of nitrogens with one attached hydrogen (secondary N) is 1. The Balaban J connectivity index is 1.42. The molecular formula is C22H24FN5O2. The molecule has 1 saturated heterocycles. The van der Waals surface area contributed by atoms with Gasteiger partial charge >= 0.3 is 0 Å². The van der Waals surface area contributed by atoms with Crippen molar-refractivity contribution in [2.75, 3.05) is 18.4 Å². The number of hydrogen-bond acceptors (Lipinski definition) is 6. The quantitative estimate of drug-likeness (QED) is 0.657. The molecule has 5 rings (SSSR count). The van der Waals surface area contributed by atoms with Crippen LogP contribution in [0.3, 0.4) is 0 Å². The number of aromatic nitrogens is 3. The van der Waals surface area contributed by atoms with Gasteiger partial charge in [-0.15, -0.1) is 0 Å². The van der Waals surface area contributed by atoms with Gasteiger partial charge in [-0.3, -0.25) is 4.79 Å². The first-order valence-electron chi connectivity index (χ1n) is 10.3. The summed E-state index contributed by atoms with van der Waals surface area (Å²) in [4.78, 5) is 27.9. The monoisotopic (exact) mass is 409 g/mol. The van der Waals surface area contributed by atoms with E-state index in [1.807, 2.05) is 26.0 Å². The Morgan fingerprint density at radius 3 is 2.77 bits per heavy atom. The van der Waals surface area contributed by atoms with Crippen molar-refractivity contribution in [3.05, 3.63) is 47.0 Å². The molecule has 1 N–H and O–H groups in total.